The van der Waals surface area contributed by atoms with Gasteiger partial charge in [-0.3, -0.25) is 9.67 Å². The summed E-state index contributed by atoms with van der Waals surface area (Å²) in [5.74, 6) is 0.757. The standard InChI is InChI=1S/C19H18N4O2/c24-15(13-25-19-3-1-2-17-16(19)6-10-21-17)12-23-18(7-11-22-23)14-4-8-20-9-5-14/h1-11,15,21,24H,12-13H2/t15-/m1/s1. The molecule has 0 aliphatic carbocycles. The van der Waals surface area contributed by atoms with Gasteiger partial charge in [-0.15, -0.1) is 0 Å². The van der Waals surface area contributed by atoms with Crippen LogP contribution in [0.1, 0.15) is 0 Å². The molecule has 4 rings (SSSR count). The van der Waals surface area contributed by atoms with Gasteiger partial charge in [0.15, 0.2) is 0 Å². The van der Waals surface area contributed by atoms with E-state index >= 15 is 0 Å². The summed E-state index contributed by atoms with van der Waals surface area (Å²) >= 11 is 0. The Labute approximate surface area is 144 Å². The Hall–Kier alpha value is -3.12. The minimum Gasteiger partial charge on any atom is -0.490 e. The van der Waals surface area contributed by atoms with Crippen molar-refractivity contribution in [1.82, 2.24) is 19.7 Å². The minimum absolute atomic E-state index is 0.194. The molecule has 3 aromatic heterocycles. The van der Waals surface area contributed by atoms with Crippen LogP contribution in [0.25, 0.3) is 22.2 Å². The molecule has 126 valence electrons. The quantitative estimate of drug-likeness (QED) is 0.568. The third kappa shape index (κ3) is 3.25. The van der Waals surface area contributed by atoms with Crippen molar-refractivity contribution in [1.29, 1.82) is 0 Å². The summed E-state index contributed by atoms with van der Waals surface area (Å²) in [6.07, 6.45) is 6.41. The fourth-order valence-electron chi connectivity index (χ4n) is 2.87. The van der Waals surface area contributed by atoms with Gasteiger partial charge in [0.2, 0.25) is 0 Å². The van der Waals surface area contributed by atoms with Gasteiger partial charge in [-0.2, -0.15) is 5.10 Å². The van der Waals surface area contributed by atoms with Gasteiger partial charge in [-0.25, -0.2) is 0 Å². The van der Waals surface area contributed by atoms with Crippen molar-refractivity contribution in [3.8, 4) is 17.0 Å². The maximum atomic E-state index is 10.4. The van der Waals surface area contributed by atoms with E-state index in [1.54, 1.807) is 23.3 Å². The summed E-state index contributed by atoms with van der Waals surface area (Å²) < 4.78 is 7.59. The molecule has 3 heterocycles. The Balaban J connectivity index is 1.44. The SMILES string of the molecule is O[C@@H](COc1cccc2[nH]ccc12)Cn1nccc1-c1ccncc1. The van der Waals surface area contributed by atoms with Gasteiger partial charge in [-0.1, -0.05) is 6.07 Å². The van der Waals surface area contributed by atoms with E-state index in [-0.39, 0.29) is 6.61 Å². The summed E-state index contributed by atoms with van der Waals surface area (Å²) in [6.45, 7) is 0.549. The Bertz CT molecular complexity index is 962. The highest BCUT2D eigenvalue weighted by Crippen LogP contribution is 2.24. The zero-order valence-corrected chi connectivity index (χ0v) is 13.5. The van der Waals surface area contributed by atoms with Gasteiger partial charge in [-0.05, 0) is 36.4 Å². The first-order valence-electron chi connectivity index (χ1n) is 8.10. The number of aliphatic hydroxyl groups excluding tert-OH is 1. The van der Waals surface area contributed by atoms with Crippen LogP contribution in [-0.4, -0.2) is 37.6 Å². The zero-order chi connectivity index (χ0) is 17.1. The number of nitrogens with one attached hydrogen (secondary N) is 1. The number of ether oxygens (including phenoxy) is 1. The number of nitrogens with zero attached hydrogens (tertiary/aromatic N) is 3. The molecule has 0 amide bonds. The van der Waals surface area contributed by atoms with Crippen LogP contribution in [0.15, 0.2) is 67.3 Å². The fraction of sp³-hybridized carbons (Fsp3) is 0.158. The molecule has 0 bridgehead atoms. The largest absolute Gasteiger partial charge is 0.490 e. The van der Waals surface area contributed by atoms with E-state index < -0.39 is 6.10 Å². The molecule has 1 atom stereocenters. The summed E-state index contributed by atoms with van der Waals surface area (Å²) in [7, 11) is 0. The first-order chi connectivity index (χ1) is 12.3. The molecule has 0 aliphatic rings. The van der Waals surface area contributed by atoms with Gasteiger partial charge < -0.3 is 14.8 Å². The maximum Gasteiger partial charge on any atom is 0.128 e. The number of benzene rings is 1. The van der Waals surface area contributed by atoms with Gasteiger partial charge in [0.1, 0.15) is 18.5 Å². The van der Waals surface area contributed by atoms with Crippen molar-refractivity contribution in [2.75, 3.05) is 6.61 Å². The second kappa shape index (κ2) is 6.78. The lowest BCUT2D eigenvalue weighted by molar-refractivity contribution is 0.0905. The van der Waals surface area contributed by atoms with E-state index in [0.717, 1.165) is 27.9 Å². The molecule has 6 nitrogen and oxygen atoms in total. The van der Waals surface area contributed by atoms with Crippen LogP contribution < -0.4 is 4.74 Å². The van der Waals surface area contributed by atoms with E-state index in [1.165, 1.54) is 0 Å². The van der Waals surface area contributed by atoms with Crippen LogP contribution >= 0.6 is 0 Å². The summed E-state index contributed by atoms with van der Waals surface area (Å²) in [4.78, 5) is 7.18. The second-order valence-electron chi connectivity index (χ2n) is 5.79. The van der Waals surface area contributed by atoms with Crippen LogP contribution in [0, 0.1) is 0 Å². The van der Waals surface area contributed by atoms with E-state index in [9.17, 15) is 5.11 Å². The molecule has 25 heavy (non-hydrogen) atoms. The molecule has 2 N–H and O–H groups in total. The van der Waals surface area contributed by atoms with Crippen molar-refractivity contribution in [2.24, 2.45) is 0 Å². The predicted octanol–water partition coefficient (Wildman–Crippen LogP) is 2.87. The molecule has 0 fully saturated rings. The molecule has 0 aliphatic heterocycles. The first kappa shape index (κ1) is 15.4. The van der Waals surface area contributed by atoms with Gasteiger partial charge >= 0.3 is 0 Å². The van der Waals surface area contributed by atoms with Crippen LogP contribution in [-0.2, 0) is 6.54 Å². The Morgan fingerprint density at radius 3 is 2.84 bits per heavy atom. The molecular weight excluding hydrogens is 316 g/mol. The molecular formula is C19H18N4O2. The van der Waals surface area contributed by atoms with E-state index in [2.05, 4.69) is 15.1 Å². The third-order valence-electron chi connectivity index (χ3n) is 4.06. The van der Waals surface area contributed by atoms with Crippen LogP contribution in [0.5, 0.6) is 5.75 Å². The highest BCUT2D eigenvalue weighted by atomic mass is 16.5. The van der Waals surface area contributed by atoms with Crippen molar-refractivity contribution < 1.29 is 9.84 Å². The molecule has 0 saturated heterocycles. The lowest BCUT2D eigenvalue weighted by Crippen LogP contribution is -2.24. The smallest absolute Gasteiger partial charge is 0.128 e. The number of pyridine rings is 1. The number of H-pyrrole nitrogens is 1. The zero-order valence-electron chi connectivity index (χ0n) is 13.5. The number of rotatable bonds is 6. The molecule has 1 aromatic carbocycles. The fourth-order valence-corrected chi connectivity index (χ4v) is 2.87. The van der Waals surface area contributed by atoms with Crippen LogP contribution in [0.2, 0.25) is 0 Å². The Morgan fingerprint density at radius 1 is 1.08 bits per heavy atom. The lowest BCUT2D eigenvalue weighted by Gasteiger charge is -2.15. The summed E-state index contributed by atoms with van der Waals surface area (Å²) in [5.41, 5.74) is 2.96. The number of fused-ring (bicyclic) bond motifs is 1. The number of hydrogen-bond acceptors (Lipinski definition) is 4. The Kier molecular flexibility index (Phi) is 4.18. The summed E-state index contributed by atoms with van der Waals surface area (Å²) in [6, 6.07) is 13.5. The topological polar surface area (TPSA) is 76.0 Å². The number of aromatic nitrogens is 4. The minimum atomic E-state index is -0.672. The molecule has 0 spiro atoms. The molecule has 0 saturated carbocycles. The van der Waals surface area contributed by atoms with Crippen molar-refractivity contribution in [3.05, 3.63) is 67.3 Å². The monoisotopic (exact) mass is 334 g/mol. The average Bonchev–Trinajstić information content (AvgIpc) is 3.30. The van der Waals surface area contributed by atoms with Gasteiger partial charge in [0.05, 0.1) is 12.2 Å². The average molecular weight is 334 g/mol. The maximum absolute atomic E-state index is 10.4. The number of aromatic amines is 1. The molecule has 6 heteroatoms. The highest BCUT2D eigenvalue weighted by molar-refractivity contribution is 5.85. The molecule has 0 unspecified atom stereocenters. The molecule has 0 radical (unpaired) electrons. The van der Waals surface area contributed by atoms with E-state index in [0.29, 0.717) is 6.54 Å². The highest BCUT2D eigenvalue weighted by Gasteiger charge is 2.12. The Morgan fingerprint density at radius 2 is 1.96 bits per heavy atom. The van der Waals surface area contributed by atoms with Gasteiger partial charge in [0, 0.05) is 41.3 Å². The second-order valence-corrected chi connectivity index (χ2v) is 5.79. The van der Waals surface area contributed by atoms with Crippen molar-refractivity contribution in [2.45, 2.75) is 12.6 Å². The molecule has 4 aromatic rings. The van der Waals surface area contributed by atoms with Gasteiger partial charge in [0.25, 0.3) is 0 Å². The van der Waals surface area contributed by atoms with Crippen LogP contribution in [0.3, 0.4) is 0 Å². The summed E-state index contributed by atoms with van der Waals surface area (Å²) in [5, 5.41) is 15.7. The normalized spacial score (nSPS) is 12.4. The predicted molar refractivity (Wildman–Crippen MR) is 95.3 cm³/mol. The third-order valence-corrected chi connectivity index (χ3v) is 4.06. The first-order valence-corrected chi connectivity index (χ1v) is 8.10. The van der Waals surface area contributed by atoms with E-state index in [4.69, 9.17) is 4.74 Å². The van der Waals surface area contributed by atoms with Crippen molar-refractivity contribution >= 4 is 10.9 Å². The lowest BCUT2D eigenvalue weighted by atomic mass is 10.2. The van der Waals surface area contributed by atoms with E-state index in [1.807, 2.05) is 48.7 Å². The van der Waals surface area contributed by atoms with Crippen molar-refractivity contribution in [3.63, 3.8) is 0 Å². The van der Waals surface area contributed by atoms with Crippen LogP contribution in [0.4, 0.5) is 0 Å². The number of hydrogen-bond donors (Lipinski definition) is 2. The number of aliphatic hydroxyl groups is 1.